The van der Waals surface area contributed by atoms with Crippen molar-refractivity contribution in [2.24, 2.45) is 5.41 Å². The van der Waals surface area contributed by atoms with E-state index < -0.39 is 0 Å². The summed E-state index contributed by atoms with van der Waals surface area (Å²) in [5.41, 5.74) is 1.91. The number of Topliss-reactive ketones (excluding diaryl/α,β-unsaturated/α-hetero) is 1. The minimum absolute atomic E-state index is 0.0226. The van der Waals surface area contributed by atoms with Gasteiger partial charge in [0.05, 0.1) is 7.11 Å². The average Bonchev–Trinajstić information content (AvgIpc) is 2.68. The van der Waals surface area contributed by atoms with Crippen molar-refractivity contribution < 1.29 is 19.4 Å². The molecule has 1 aliphatic heterocycles. The Morgan fingerprint density at radius 2 is 1.97 bits per heavy atom. The van der Waals surface area contributed by atoms with Gasteiger partial charge in [-0.05, 0) is 57.6 Å². The van der Waals surface area contributed by atoms with Gasteiger partial charge in [0.2, 0.25) is 5.91 Å². The third kappa shape index (κ3) is 3.62. The van der Waals surface area contributed by atoms with Gasteiger partial charge in [-0.1, -0.05) is 19.9 Å². The second-order valence-corrected chi connectivity index (χ2v) is 9.47. The summed E-state index contributed by atoms with van der Waals surface area (Å²) in [4.78, 5) is 32.6. The van der Waals surface area contributed by atoms with Crippen LogP contribution in [0.15, 0.2) is 52.3 Å². The normalized spacial score (nSPS) is 20.9. The lowest BCUT2D eigenvalue weighted by atomic mass is 9.69. The molecule has 0 fully saturated rings. The lowest BCUT2D eigenvalue weighted by Gasteiger charge is -2.42. The molecule has 2 heterocycles. The number of benzene rings is 1. The first-order chi connectivity index (χ1) is 14.2. The molecule has 0 radical (unpaired) electrons. The van der Waals surface area contributed by atoms with Crippen LogP contribution in [0.3, 0.4) is 0 Å². The Bertz CT molecular complexity index is 1060. The summed E-state index contributed by atoms with van der Waals surface area (Å²) >= 11 is 3.38. The molecular weight excluding hydrogens is 448 g/mol. The highest BCUT2D eigenvalue weighted by Gasteiger charge is 2.44. The van der Waals surface area contributed by atoms with Crippen LogP contribution in [0.2, 0.25) is 0 Å². The van der Waals surface area contributed by atoms with Crippen molar-refractivity contribution in [2.75, 3.05) is 12.0 Å². The van der Waals surface area contributed by atoms with E-state index in [0.29, 0.717) is 30.0 Å². The number of carbonyl (C=O) groups excluding carboxylic acids is 2. The number of rotatable bonds is 3. The van der Waals surface area contributed by atoms with E-state index in [1.165, 1.54) is 7.11 Å². The van der Waals surface area contributed by atoms with E-state index in [2.05, 4.69) is 20.9 Å². The molecule has 7 heteroatoms. The van der Waals surface area contributed by atoms with Crippen molar-refractivity contribution in [3.8, 4) is 11.5 Å². The Balaban J connectivity index is 1.89. The SMILES string of the molecule is COc1cc(C2CC(=O)N(c3ccc(Br)cn3)C3=C2C(=O)CC(C)(C)C3)ccc1O. The molecule has 1 N–H and O–H groups in total. The molecule has 2 aromatic rings. The third-order valence-electron chi connectivity index (χ3n) is 5.69. The molecule has 1 aromatic carbocycles. The van der Waals surface area contributed by atoms with Crippen molar-refractivity contribution >= 4 is 33.4 Å². The minimum atomic E-state index is -0.378. The van der Waals surface area contributed by atoms with E-state index in [0.717, 1.165) is 15.7 Å². The van der Waals surface area contributed by atoms with Crippen LogP contribution in [-0.2, 0) is 9.59 Å². The molecule has 6 nitrogen and oxygen atoms in total. The second kappa shape index (κ2) is 7.54. The van der Waals surface area contributed by atoms with Crippen LogP contribution in [-0.4, -0.2) is 28.9 Å². The molecular formula is C23H23BrN2O4. The lowest BCUT2D eigenvalue weighted by Crippen LogP contribution is -2.44. The number of methoxy groups -OCH3 is 1. The molecule has 0 spiro atoms. The van der Waals surface area contributed by atoms with Gasteiger partial charge < -0.3 is 9.84 Å². The van der Waals surface area contributed by atoms with Gasteiger partial charge in [-0.2, -0.15) is 0 Å². The first-order valence-corrected chi connectivity index (χ1v) is 10.6. The first-order valence-electron chi connectivity index (χ1n) is 9.78. The molecule has 1 aromatic heterocycles. The Kier molecular flexibility index (Phi) is 5.18. The number of phenolic OH excluding ortho intramolecular Hbond substituents is 1. The second-order valence-electron chi connectivity index (χ2n) is 8.55. The number of ketones is 1. The van der Waals surface area contributed by atoms with Gasteiger partial charge in [-0.15, -0.1) is 0 Å². The number of aromatic nitrogens is 1. The molecule has 1 atom stereocenters. The quantitative estimate of drug-likeness (QED) is 0.701. The van der Waals surface area contributed by atoms with Crippen LogP contribution in [0.25, 0.3) is 0 Å². The molecule has 0 saturated heterocycles. The minimum Gasteiger partial charge on any atom is -0.504 e. The van der Waals surface area contributed by atoms with Crippen LogP contribution >= 0.6 is 15.9 Å². The smallest absolute Gasteiger partial charge is 0.233 e. The maximum Gasteiger partial charge on any atom is 0.233 e. The average molecular weight is 471 g/mol. The van der Waals surface area contributed by atoms with E-state index >= 15 is 0 Å². The molecule has 4 rings (SSSR count). The van der Waals surface area contributed by atoms with Crippen LogP contribution in [0, 0.1) is 5.41 Å². The molecule has 1 amide bonds. The largest absolute Gasteiger partial charge is 0.504 e. The maximum absolute atomic E-state index is 13.3. The van der Waals surface area contributed by atoms with E-state index in [1.54, 1.807) is 35.4 Å². The van der Waals surface area contributed by atoms with Gasteiger partial charge in [0.25, 0.3) is 0 Å². The third-order valence-corrected chi connectivity index (χ3v) is 6.16. The van der Waals surface area contributed by atoms with Crippen LogP contribution in [0.5, 0.6) is 11.5 Å². The summed E-state index contributed by atoms with van der Waals surface area (Å²) in [6, 6.07) is 8.61. The van der Waals surface area contributed by atoms with Crippen molar-refractivity contribution in [1.82, 2.24) is 4.98 Å². The number of amides is 1. The highest BCUT2D eigenvalue weighted by Crippen LogP contribution is 2.48. The number of anilines is 1. The lowest BCUT2D eigenvalue weighted by molar-refractivity contribution is -0.121. The summed E-state index contributed by atoms with van der Waals surface area (Å²) in [5.74, 6) is 0.427. The van der Waals surface area contributed by atoms with Crippen molar-refractivity contribution in [3.63, 3.8) is 0 Å². The molecule has 2 aliphatic rings. The van der Waals surface area contributed by atoms with Gasteiger partial charge in [0.15, 0.2) is 17.3 Å². The summed E-state index contributed by atoms with van der Waals surface area (Å²) in [6.45, 7) is 4.08. The zero-order chi connectivity index (χ0) is 21.6. The summed E-state index contributed by atoms with van der Waals surface area (Å²) in [7, 11) is 1.48. The van der Waals surface area contributed by atoms with Crippen LogP contribution in [0.4, 0.5) is 5.82 Å². The fourth-order valence-corrected chi connectivity index (χ4v) is 4.61. The standard InChI is InChI=1S/C23H23BrN2O4/c1-23(2)10-16-22(18(28)11-23)15(13-4-6-17(27)19(8-13)30-3)9-21(29)26(16)20-7-5-14(24)12-25-20/h4-8,12,15,27H,9-11H2,1-3H3. The van der Waals surface area contributed by atoms with Gasteiger partial charge in [0.1, 0.15) is 5.82 Å². The van der Waals surface area contributed by atoms with Crippen molar-refractivity contribution in [3.05, 3.63) is 57.8 Å². The molecule has 30 heavy (non-hydrogen) atoms. The molecule has 1 aliphatic carbocycles. The van der Waals surface area contributed by atoms with E-state index in [4.69, 9.17) is 4.74 Å². The van der Waals surface area contributed by atoms with Crippen molar-refractivity contribution in [1.29, 1.82) is 0 Å². The first kappa shape index (κ1) is 20.6. The summed E-state index contributed by atoms with van der Waals surface area (Å²) < 4.78 is 6.06. The van der Waals surface area contributed by atoms with Crippen molar-refractivity contribution in [2.45, 2.75) is 39.0 Å². The Morgan fingerprint density at radius 1 is 1.20 bits per heavy atom. The number of allylic oxidation sites excluding steroid dienone is 2. The zero-order valence-electron chi connectivity index (χ0n) is 17.1. The summed E-state index contributed by atoms with van der Waals surface area (Å²) in [6.07, 6.45) is 2.82. The van der Waals surface area contributed by atoms with E-state index in [1.807, 2.05) is 19.9 Å². The number of pyridine rings is 1. The maximum atomic E-state index is 13.3. The number of nitrogens with zero attached hydrogens (tertiary/aromatic N) is 2. The molecule has 0 bridgehead atoms. The predicted octanol–water partition coefficient (Wildman–Crippen LogP) is 4.72. The van der Waals surface area contributed by atoms with Gasteiger partial charge in [-0.25, -0.2) is 4.98 Å². The number of aromatic hydroxyl groups is 1. The number of halogens is 1. The highest BCUT2D eigenvalue weighted by atomic mass is 79.9. The summed E-state index contributed by atoms with van der Waals surface area (Å²) in [5, 5.41) is 9.96. The van der Waals surface area contributed by atoms with Crippen LogP contribution in [0.1, 0.15) is 44.6 Å². The number of hydrogen-bond acceptors (Lipinski definition) is 5. The van der Waals surface area contributed by atoms with Gasteiger partial charge >= 0.3 is 0 Å². The van der Waals surface area contributed by atoms with E-state index in [-0.39, 0.29) is 35.2 Å². The van der Waals surface area contributed by atoms with Crippen LogP contribution < -0.4 is 9.64 Å². The molecule has 156 valence electrons. The number of carbonyl (C=O) groups is 2. The highest BCUT2D eigenvalue weighted by molar-refractivity contribution is 9.10. The zero-order valence-corrected chi connectivity index (χ0v) is 18.7. The molecule has 1 unspecified atom stereocenters. The van der Waals surface area contributed by atoms with E-state index in [9.17, 15) is 14.7 Å². The van der Waals surface area contributed by atoms with Gasteiger partial charge in [0, 0.05) is 40.7 Å². The molecule has 0 saturated carbocycles. The Labute approximate surface area is 183 Å². The fourth-order valence-electron chi connectivity index (χ4n) is 4.38. The monoisotopic (exact) mass is 470 g/mol. The van der Waals surface area contributed by atoms with Gasteiger partial charge in [-0.3, -0.25) is 14.5 Å². The Morgan fingerprint density at radius 3 is 2.63 bits per heavy atom. The number of phenols is 1. The number of hydrogen-bond donors (Lipinski definition) is 1. The number of ether oxygens (including phenoxy) is 1. The Hall–Kier alpha value is -2.67. The topological polar surface area (TPSA) is 79.7 Å². The predicted molar refractivity (Wildman–Crippen MR) is 116 cm³/mol. The fraction of sp³-hybridized carbons (Fsp3) is 0.348.